The molecule has 0 unspecified atom stereocenters. The number of aromatic nitrogens is 6. The first kappa shape index (κ1) is 24.1. The number of rotatable bonds is 7. The van der Waals surface area contributed by atoms with Crippen molar-refractivity contribution in [2.45, 2.75) is 0 Å². The summed E-state index contributed by atoms with van der Waals surface area (Å²) in [6.45, 7) is 4.40. The molecule has 11 heteroatoms. The molecule has 0 saturated carbocycles. The van der Waals surface area contributed by atoms with Gasteiger partial charge in [0.2, 0.25) is 5.95 Å². The molecule has 3 aromatic heterocycles. The molecule has 3 heterocycles. The van der Waals surface area contributed by atoms with Crippen LogP contribution in [0.25, 0.3) is 22.2 Å². The van der Waals surface area contributed by atoms with Crippen LogP contribution in [0.4, 0.5) is 23.1 Å². The number of benzene rings is 2. The molecule has 2 N–H and O–H groups in total. The molecular formula is C25H24BrN8OP. The summed E-state index contributed by atoms with van der Waals surface area (Å²) >= 11 is 3.59. The zero-order valence-electron chi connectivity index (χ0n) is 20.2. The van der Waals surface area contributed by atoms with Crippen LogP contribution in [-0.4, -0.2) is 50.2 Å². The quantitative estimate of drug-likeness (QED) is 0.252. The summed E-state index contributed by atoms with van der Waals surface area (Å²) in [6.07, 6.45) is 8.95. The van der Waals surface area contributed by atoms with Crippen LogP contribution in [0.1, 0.15) is 0 Å². The lowest BCUT2D eigenvalue weighted by Gasteiger charge is -2.17. The van der Waals surface area contributed by atoms with E-state index in [1.165, 1.54) is 0 Å². The van der Waals surface area contributed by atoms with E-state index in [1.807, 2.05) is 49.8 Å². The zero-order valence-corrected chi connectivity index (χ0v) is 22.7. The number of halogens is 1. The maximum atomic E-state index is 5.57. The number of nitrogens with zero attached hydrogens (tertiary/aromatic N) is 6. The lowest BCUT2D eigenvalue weighted by molar-refractivity contribution is 0.417. The largest absolute Gasteiger partial charge is 0.495 e. The van der Waals surface area contributed by atoms with Gasteiger partial charge in [-0.05, 0) is 59.1 Å². The number of methoxy groups -OCH3 is 1. The molecule has 5 rings (SSSR count). The third-order valence-corrected chi connectivity index (χ3v) is 7.47. The summed E-state index contributed by atoms with van der Waals surface area (Å²) in [5, 5.41) is 12.2. The predicted octanol–water partition coefficient (Wildman–Crippen LogP) is 5.45. The van der Waals surface area contributed by atoms with Gasteiger partial charge in [-0.3, -0.25) is 14.6 Å². The summed E-state index contributed by atoms with van der Waals surface area (Å²) in [5.41, 5.74) is 5.48. The third kappa shape index (κ3) is 4.87. The number of anilines is 4. The van der Waals surface area contributed by atoms with Gasteiger partial charge in [-0.15, -0.1) is 0 Å². The smallest absolute Gasteiger partial charge is 0.229 e. The first-order chi connectivity index (χ1) is 17.4. The lowest BCUT2D eigenvalue weighted by atomic mass is 10.1. The Morgan fingerprint density at radius 3 is 2.53 bits per heavy atom. The van der Waals surface area contributed by atoms with Crippen molar-refractivity contribution >= 4 is 63.3 Å². The van der Waals surface area contributed by atoms with Crippen molar-refractivity contribution in [2.75, 3.05) is 31.1 Å². The van der Waals surface area contributed by atoms with Crippen LogP contribution < -0.4 is 20.7 Å². The SMILES string of the molecule is COc1ccc(-c2cnn(C)c2)cc1Nc1ncc(Br)c(Nc2ccc3nccnc3c2P(C)C)n1. The fourth-order valence-electron chi connectivity index (χ4n) is 3.89. The summed E-state index contributed by atoms with van der Waals surface area (Å²) in [6, 6.07) is 9.90. The van der Waals surface area contributed by atoms with Crippen molar-refractivity contribution in [1.82, 2.24) is 29.7 Å². The van der Waals surface area contributed by atoms with Crippen molar-refractivity contribution in [3.63, 3.8) is 0 Å². The van der Waals surface area contributed by atoms with E-state index in [-0.39, 0.29) is 0 Å². The minimum atomic E-state index is -0.463. The number of aryl methyl sites for hydroxylation is 1. The van der Waals surface area contributed by atoms with E-state index in [1.54, 1.807) is 30.4 Å². The fourth-order valence-corrected chi connectivity index (χ4v) is 5.39. The van der Waals surface area contributed by atoms with Crippen LogP contribution in [0.5, 0.6) is 5.75 Å². The highest BCUT2D eigenvalue weighted by Gasteiger charge is 2.16. The van der Waals surface area contributed by atoms with Crippen LogP contribution in [0, 0.1) is 0 Å². The Kier molecular flexibility index (Phi) is 6.80. The number of nitrogens with one attached hydrogen (secondary N) is 2. The summed E-state index contributed by atoms with van der Waals surface area (Å²) < 4.78 is 8.08. The molecule has 0 fully saturated rings. The van der Waals surface area contributed by atoms with Gasteiger partial charge in [0.1, 0.15) is 11.6 Å². The molecule has 0 bridgehead atoms. The maximum absolute atomic E-state index is 5.57. The second-order valence-corrected chi connectivity index (χ2v) is 11.3. The third-order valence-electron chi connectivity index (χ3n) is 5.54. The first-order valence-corrected chi connectivity index (χ1v) is 14.1. The van der Waals surface area contributed by atoms with Crippen molar-refractivity contribution in [3.05, 3.63) is 65.8 Å². The molecule has 0 spiro atoms. The number of hydrogen-bond donors (Lipinski definition) is 2. The molecule has 0 atom stereocenters. The summed E-state index contributed by atoms with van der Waals surface area (Å²) in [7, 11) is 3.07. The number of hydrogen-bond acceptors (Lipinski definition) is 8. The van der Waals surface area contributed by atoms with Crippen LogP contribution in [0.3, 0.4) is 0 Å². The van der Waals surface area contributed by atoms with E-state index in [0.29, 0.717) is 17.5 Å². The highest BCUT2D eigenvalue weighted by molar-refractivity contribution is 9.10. The maximum Gasteiger partial charge on any atom is 0.229 e. The van der Waals surface area contributed by atoms with Gasteiger partial charge >= 0.3 is 0 Å². The van der Waals surface area contributed by atoms with Gasteiger partial charge in [0.25, 0.3) is 0 Å². The Bertz CT molecular complexity index is 1550. The molecule has 2 aromatic carbocycles. The van der Waals surface area contributed by atoms with Gasteiger partial charge in [0, 0.05) is 48.4 Å². The number of fused-ring (bicyclic) bond motifs is 1. The zero-order chi connectivity index (χ0) is 25.2. The minimum absolute atomic E-state index is 0.430. The molecule has 0 aliphatic rings. The number of ether oxygens (including phenoxy) is 1. The normalized spacial score (nSPS) is 11.2. The average Bonchev–Trinajstić information content (AvgIpc) is 3.32. The fraction of sp³-hybridized carbons (Fsp3) is 0.160. The molecule has 36 heavy (non-hydrogen) atoms. The highest BCUT2D eigenvalue weighted by Crippen LogP contribution is 2.35. The first-order valence-electron chi connectivity index (χ1n) is 11.1. The highest BCUT2D eigenvalue weighted by atomic mass is 79.9. The van der Waals surface area contributed by atoms with E-state index in [9.17, 15) is 0 Å². The molecule has 182 valence electrons. The summed E-state index contributed by atoms with van der Waals surface area (Å²) in [5.74, 6) is 1.75. The van der Waals surface area contributed by atoms with E-state index in [2.05, 4.69) is 59.9 Å². The van der Waals surface area contributed by atoms with E-state index in [0.717, 1.165) is 43.3 Å². The van der Waals surface area contributed by atoms with E-state index < -0.39 is 7.92 Å². The molecule has 0 aliphatic heterocycles. The van der Waals surface area contributed by atoms with E-state index in [4.69, 9.17) is 9.72 Å². The van der Waals surface area contributed by atoms with Gasteiger partial charge < -0.3 is 15.4 Å². The monoisotopic (exact) mass is 562 g/mol. The standard InChI is InChI=1S/C25H24BrN8OP/c1-34-14-16(12-30-34)15-5-8-21(35-2)20(11-15)32-25-29-13-17(26)24(33-25)31-19-7-6-18-22(23(19)36(3)4)28-10-9-27-18/h5-14H,1-4H3,(H2,29,31,32,33). The predicted molar refractivity (Wildman–Crippen MR) is 149 cm³/mol. The Morgan fingerprint density at radius 2 is 1.78 bits per heavy atom. The average molecular weight is 563 g/mol. The van der Waals surface area contributed by atoms with Crippen molar-refractivity contribution in [1.29, 1.82) is 0 Å². The summed E-state index contributed by atoms with van der Waals surface area (Å²) in [4.78, 5) is 18.3. The molecule has 0 radical (unpaired) electrons. The molecular weight excluding hydrogens is 539 g/mol. The van der Waals surface area contributed by atoms with Gasteiger partial charge in [0.05, 0.1) is 34.5 Å². The van der Waals surface area contributed by atoms with E-state index >= 15 is 0 Å². The van der Waals surface area contributed by atoms with Gasteiger partial charge in [-0.25, -0.2) is 4.98 Å². The van der Waals surface area contributed by atoms with Crippen LogP contribution >= 0.6 is 23.9 Å². The Morgan fingerprint density at radius 1 is 0.944 bits per heavy atom. The van der Waals surface area contributed by atoms with Crippen molar-refractivity contribution in [3.8, 4) is 16.9 Å². The van der Waals surface area contributed by atoms with Crippen molar-refractivity contribution in [2.24, 2.45) is 7.05 Å². The lowest BCUT2D eigenvalue weighted by Crippen LogP contribution is -2.12. The molecule has 5 aromatic rings. The van der Waals surface area contributed by atoms with Crippen molar-refractivity contribution < 1.29 is 4.74 Å². The molecule has 0 aliphatic carbocycles. The van der Waals surface area contributed by atoms with Crippen LogP contribution in [0.15, 0.2) is 65.8 Å². The topological polar surface area (TPSA) is 103 Å². The molecule has 0 amide bonds. The minimum Gasteiger partial charge on any atom is -0.495 e. The molecule has 0 saturated heterocycles. The van der Waals surface area contributed by atoms with Gasteiger partial charge in [-0.1, -0.05) is 14.0 Å². The Hall–Kier alpha value is -3.62. The second-order valence-electron chi connectivity index (χ2n) is 8.24. The van der Waals surface area contributed by atoms with Crippen LogP contribution in [-0.2, 0) is 7.05 Å². The van der Waals surface area contributed by atoms with Crippen LogP contribution in [0.2, 0.25) is 0 Å². The van der Waals surface area contributed by atoms with Gasteiger partial charge in [0.15, 0.2) is 0 Å². The second kappa shape index (κ2) is 10.2. The van der Waals surface area contributed by atoms with Gasteiger partial charge in [-0.2, -0.15) is 10.1 Å². The Labute approximate surface area is 218 Å². The molecule has 9 nitrogen and oxygen atoms in total. The Balaban J connectivity index is 1.49.